The van der Waals surface area contributed by atoms with Gasteiger partial charge in [0.15, 0.2) is 0 Å². The van der Waals surface area contributed by atoms with Crippen molar-refractivity contribution in [3.05, 3.63) is 24.3 Å². The summed E-state index contributed by atoms with van der Waals surface area (Å²) in [7, 11) is 0. The molecule has 0 aromatic heterocycles. The lowest BCUT2D eigenvalue weighted by Crippen LogP contribution is -2.33. The topological polar surface area (TPSA) is 84.2 Å². The van der Waals surface area contributed by atoms with E-state index in [9.17, 15) is 9.59 Å². The van der Waals surface area contributed by atoms with E-state index < -0.39 is 0 Å². The average Bonchev–Trinajstić information content (AvgIpc) is 2.41. The van der Waals surface area contributed by atoms with E-state index in [0.717, 1.165) is 0 Å². The number of rotatable bonds is 6. The molecule has 4 N–H and O–H groups in total. The van der Waals surface area contributed by atoms with Crippen LogP contribution in [0.3, 0.4) is 0 Å². The minimum Gasteiger partial charge on any atom is -0.330 e. The molecule has 5 heteroatoms. The Kier molecular flexibility index (Phi) is 6.37. The molecular weight excluding hydrogens is 266 g/mol. The summed E-state index contributed by atoms with van der Waals surface area (Å²) in [5.74, 6) is -0.188. The van der Waals surface area contributed by atoms with E-state index in [1.54, 1.807) is 24.3 Å². The zero-order valence-electron chi connectivity index (χ0n) is 13.1. The van der Waals surface area contributed by atoms with Crippen LogP contribution < -0.4 is 16.4 Å². The molecule has 0 bridgehead atoms. The summed E-state index contributed by atoms with van der Waals surface area (Å²) in [5, 5.41) is 5.65. The highest BCUT2D eigenvalue weighted by molar-refractivity contribution is 5.94. The minimum absolute atomic E-state index is 0.0326. The van der Waals surface area contributed by atoms with Gasteiger partial charge < -0.3 is 16.4 Å². The fourth-order valence-electron chi connectivity index (χ4n) is 1.84. The maximum Gasteiger partial charge on any atom is 0.229 e. The van der Waals surface area contributed by atoms with Crippen LogP contribution in [0.5, 0.6) is 0 Å². The van der Waals surface area contributed by atoms with E-state index in [0.29, 0.717) is 17.9 Å². The summed E-state index contributed by atoms with van der Waals surface area (Å²) in [5.41, 5.74) is 7.04. The van der Waals surface area contributed by atoms with E-state index in [4.69, 9.17) is 5.73 Å². The molecular formula is C16H25N3O2. The van der Waals surface area contributed by atoms with E-state index >= 15 is 0 Å². The second kappa shape index (κ2) is 7.78. The molecule has 0 aliphatic carbocycles. The number of anilines is 2. The third-order valence-corrected chi connectivity index (χ3v) is 3.34. The standard InChI is InChI=1S/C16H25N3O2/c1-10(2)14(9-17)16(21)19-13-7-5-12(6-8-13)18-15(20)11(3)4/h5-8,10-11,14H,9,17H2,1-4H3,(H,18,20)(H,19,21). The number of hydrogen-bond donors (Lipinski definition) is 3. The van der Waals surface area contributed by atoms with Crippen molar-refractivity contribution in [1.82, 2.24) is 0 Å². The van der Waals surface area contributed by atoms with Crippen molar-refractivity contribution >= 4 is 23.2 Å². The number of amides is 2. The fourth-order valence-corrected chi connectivity index (χ4v) is 1.84. The molecule has 21 heavy (non-hydrogen) atoms. The summed E-state index contributed by atoms with van der Waals surface area (Å²) < 4.78 is 0. The van der Waals surface area contributed by atoms with Crippen LogP contribution in [0.25, 0.3) is 0 Å². The molecule has 2 amide bonds. The molecule has 1 aromatic carbocycles. The Morgan fingerprint density at radius 3 is 1.71 bits per heavy atom. The average molecular weight is 291 g/mol. The second-order valence-corrected chi connectivity index (χ2v) is 5.80. The number of carbonyl (C=O) groups excluding carboxylic acids is 2. The van der Waals surface area contributed by atoms with Crippen molar-refractivity contribution in [3.8, 4) is 0 Å². The number of nitrogens with two attached hydrogens (primary N) is 1. The van der Waals surface area contributed by atoms with E-state index in [1.807, 2.05) is 27.7 Å². The Labute approximate surface area is 126 Å². The number of benzene rings is 1. The normalized spacial score (nSPS) is 12.3. The summed E-state index contributed by atoms with van der Waals surface area (Å²) in [6.45, 7) is 7.95. The van der Waals surface area contributed by atoms with Crippen molar-refractivity contribution in [1.29, 1.82) is 0 Å². The second-order valence-electron chi connectivity index (χ2n) is 5.80. The van der Waals surface area contributed by atoms with Gasteiger partial charge in [-0.25, -0.2) is 0 Å². The van der Waals surface area contributed by atoms with Crippen molar-refractivity contribution in [2.24, 2.45) is 23.5 Å². The number of hydrogen-bond acceptors (Lipinski definition) is 3. The molecule has 5 nitrogen and oxygen atoms in total. The van der Waals surface area contributed by atoms with Crippen molar-refractivity contribution in [2.45, 2.75) is 27.7 Å². The van der Waals surface area contributed by atoms with Gasteiger partial charge in [-0.3, -0.25) is 9.59 Å². The minimum atomic E-state index is -0.203. The Morgan fingerprint density at radius 2 is 1.38 bits per heavy atom. The monoisotopic (exact) mass is 291 g/mol. The van der Waals surface area contributed by atoms with Crippen LogP contribution in [0.15, 0.2) is 24.3 Å². The molecule has 1 aromatic rings. The molecule has 1 atom stereocenters. The highest BCUT2D eigenvalue weighted by atomic mass is 16.2. The maximum atomic E-state index is 12.1. The third kappa shape index (κ3) is 5.19. The lowest BCUT2D eigenvalue weighted by atomic mass is 9.95. The van der Waals surface area contributed by atoms with Gasteiger partial charge in [-0.05, 0) is 30.2 Å². The number of carbonyl (C=O) groups is 2. The first-order chi connectivity index (χ1) is 9.85. The third-order valence-electron chi connectivity index (χ3n) is 3.34. The van der Waals surface area contributed by atoms with Crippen LogP contribution in [0.2, 0.25) is 0 Å². The quantitative estimate of drug-likeness (QED) is 0.752. The molecule has 0 fully saturated rings. The molecule has 0 aliphatic rings. The highest BCUT2D eigenvalue weighted by Crippen LogP contribution is 2.17. The van der Waals surface area contributed by atoms with E-state index in [2.05, 4.69) is 10.6 Å². The van der Waals surface area contributed by atoms with Crippen LogP contribution >= 0.6 is 0 Å². The van der Waals surface area contributed by atoms with Crippen LogP contribution in [0.4, 0.5) is 11.4 Å². The zero-order chi connectivity index (χ0) is 16.0. The van der Waals surface area contributed by atoms with Gasteiger partial charge in [0.1, 0.15) is 0 Å². The first-order valence-electron chi connectivity index (χ1n) is 7.27. The first-order valence-corrected chi connectivity index (χ1v) is 7.27. The lowest BCUT2D eigenvalue weighted by Gasteiger charge is -2.18. The SMILES string of the molecule is CC(C)C(=O)Nc1ccc(NC(=O)C(CN)C(C)C)cc1. The summed E-state index contributed by atoms with van der Waals surface area (Å²) in [6, 6.07) is 7.06. The lowest BCUT2D eigenvalue weighted by molar-refractivity contribution is -0.121. The van der Waals surface area contributed by atoms with Gasteiger partial charge in [-0.2, -0.15) is 0 Å². The van der Waals surface area contributed by atoms with Crippen LogP contribution in [0, 0.1) is 17.8 Å². The summed E-state index contributed by atoms with van der Waals surface area (Å²) in [6.07, 6.45) is 0. The van der Waals surface area contributed by atoms with Gasteiger partial charge in [0, 0.05) is 23.8 Å². The van der Waals surface area contributed by atoms with Crippen LogP contribution in [-0.2, 0) is 9.59 Å². The first kappa shape index (κ1) is 17.2. The van der Waals surface area contributed by atoms with Crippen molar-refractivity contribution in [2.75, 3.05) is 17.2 Å². The Bertz CT molecular complexity index is 481. The summed E-state index contributed by atoms with van der Waals surface area (Å²) in [4.78, 5) is 23.7. The molecule has 0 saturated carbocycles. The van der Waals surface area contributed by atoms with Gasteiger partial charge in [-0.1, -0.05) is 27.7 Å². The Hall–Kier alpha value is -1.88. The van der Waals surface area contributed by atoms with Gasteiger partial charge in [-0.15, -0.1) is 0 Å². The molecule has 0 aliphatic heterocycles. The van der Waals surface area contributed by atoms with Gasteiger partial charge in [0.25, 0.3) is 0 Å². The molecule has 116 valence electrons. The van der Waals surface area contributed by atoms with Gasteiger partial charge >= 0.3 is 0 Å². The van der Waals surface area contributed by atoms with Gasteiger partial charge in [0.2, 0.25) is 11.8 Å². The van der Waals surface area contributed by atoms with Crippen LogP contribution in [0.1, 0.15) is 27.7 Å². The van der Waals surface area contributed by atoms with E-state index in [1.165, 1.54) is 0 Å². The predicted octanol–water partition coefficient (Wildman–Crippen LogP) is 2.45. The molecule has 1 unspecified atom stereocenters. The zero-order valence-corrected chi connectivity index (χ0v) is 13.1. The van der Waals surface area contributed by atoms with E-state index in [-0.39, 0.29) is 29.6 Å². The van der Waals surface area contributed by atoms with Gasteiger partial charge in [0.05, 0.1) is 5.92 Å². The molecule has 0 radical (unpaired) electrons. The molecule has 0 heterocycles. The fraction of sp³-hybridized carbons (Fsp3) is 0.500. The maximum absolute atomic E-state index is 12.1. The molecule has 1 rings (SSSR count). The Balaban J connectivity index is 2.66. The number of nitrogens with one attached hydrogen (secondary N) is 2. The predicted molar refractivity (Wildman–Crippen MR) is 85.9 cm³/mol. The largest absolute Gasteiger partial charge is 0.330 e. The van der Waals surface area contributed by atoms with Crippen molar-refractivity contribution in [3.63, 3.8) is 0 Å². The highest BCUT2D eigenvalue weighted by Gasteiger charge is 2.20. The molecule has 0 spiro atoms. The summed E-state index contributed by atoms with van der Waals surface area (Å²) >= 11 is 0. The van der Waals surface area contributed by atoms with Crippen LogP contribution in [-0.4, -0.2) is 18.4 Å². The Morgan fingerprint density at radius 1 is 0.952 bits per heavy atom. The smallest absolute Gasteiger partial charge is 0.229 e. The molecule has 0 saturated heterocycles. The van der Waals surface area contributed by atoms with Crippen molar-refractivity contribution < 1.29 is 9.59 Å².